The predicted molar refractivity (Wildman–Crippen MR) is 66.5 cm³/mol. The predicted octanol–water partition coefficient (Wildman–Crippen LogP) is -3.07. The Hall–Kier alpha value is -0.420. The average Bonchev–Trinajstić information content (AvgIpc) is 2.84. The van der Waals surface area contributed by atoms with E-state index in [2.05, 4.69) is 5.32 Å². The molecule has 8 nitrogen and oxygen atoms in total. The molecule has 0 bridgehead atoms. The van der Waals surface area contributed by atoms with E-state index >= 15 is 0 Å². The highest BCUT2D eigenvalue weighted by molar-refractivity contribution is 8.00. The number of thioether (sulfide) groups is 1. The first-order chi connectivity index (χ1) is 8.86. The Morgan fingerprint density at radius 2 is 1.79 bits per heavy atom. The summed E-state index contributed by atoms with van der Waals surface area (Å²) in [5, 5.41) is 57.7. The van der Waals surface area contributed by atoms with Crippen LogP contribution in [0, 0.1) is 0 Å². The molecular formula is C10H19NO7S. The van der Waals surface area contributed by atoms with Crippen molar-refractivity contribution < 1.29 is 35.4 Å². The number of hydrogen-bond acceptors (Lipinski definition) is 8. The molecule has 9 heteroatoms. The molecule has 0 aromatic rings. The number of carboxylic acid groups (broad SMARTS) is 1. The summed E-state index contributed by atoms with van der Waals surface area (Å²) in [4.78, 5) is 10.7. The number of aliphatic hydroxyl groups is 5. The minimum Gasteiger partial charge on any atom is -0.480 e. The van der Waals surface area contributed by atoms with E-state index in [0.29, 0.717) is 5.75 Å². The third kappa shape index (κ3) is 4.56. The fourth-order valence-electron chi connectivity index (χ4n) is 1.73. The number of aliphatic hydroxyl groups excluding tert-OH is 5. The van der Waals surface area contributed by atoms with Crippen LogP contribution in [-0.4, -0.2) is 84.8 Å². The number of carbonyl (C=O) groups is 1. The van der Waals surface area contributed by atoms with Gasteiger partial charge in [0.15, 0.2) is 0 Å². The van der Waals surface area contributed by atoms with E-state index in [1.165, 1.54) is 11.8 Å². The van der Waals surface area contributed by atoms with Crippen molar-refractivity contribution in [1.82, 2.24) is 5.32 Å². The smallest absolute Gasteiger partial charge is 0.321 e. The number of carboxylic acids is 1. The average molecular weight is 297 g/mol. The highest BCUT2D eigenvalue weighted by Crippen LogP contribution is 2.24. The van der Waals surface area contributed by atoms with Gasteiger partial charge in [0.1, 0.15) is 24.4 Å². The summed E-state index contributed by atoms with van der Waals surface area (Å²) in [5.74, 6) is -0.634. The summed E-state index contributed by atoms with van der Waals surface area (Å²) in [5.41, 5.74) is 0. The molecule has 1 heterocycles. The Morgan fingerprint density at radius 1 is 1.21 bits per heavy atom. The van der Waals surface area contributed by atoms with Crippen LogP contribution in [0.4, 0.5) is 0 Å². The molecule has 19 heavy (non-hydrogen) atoms. The van der Waals surface area contributed by atoms with Crippen LogP contribution < -0.4 is 5.32 Å². The van der Waals surface area contributed by atoms with Crippen molar-refractivity contribution in [3.8, 4) is 0 Å². The van der Waals surface area contributed by atoms with Crippen molar-refractivity contribution in [2.24, 2.45) is 0 Å². The summed E-state index contributed by atoms with van der Waals surface area (Å²) >= 11 is 1.29. The number of rotatable bonds is 7. The van der Waals surface area contributed by atoms with Crippen LogP contribution in [0.3, 0.4) is 0 Å². The van der Waals surface area contributed by atoms with Crippen molar-refractivity contribution in [3.05, 3.63) is 0 Å². The largest absolute Gasteiger partial charge is 0.480 e. The molecule has 0 saturated carbocycles. The summed E-state index contributed by atoms with van der Waals surface area (Å²) < 4.78 is 0. The molecule has 0 amide bonds. The Kier molecular flexibility index (Phi) is 6.47. The molecule has 0 spiro atoms. The second-order valence-corrected chi connectivity index (χ2v) is 5.65. The van der Waals surface area contributed by atoms with Crippen LogP contribution in [0.25, 0.3) is 0 Å². The second-order valence-electron chi connectivity index (χ2n) is 4.41. The molecule has 1 aliphatic rings. The van der Waals surface area contributed by atoms with Gasteiger partial charge < -0.3 is 30.6 Å². The van der Waals surface area contributed by atoms with Gasteiger partial charge in [-0.2, -0.15) is 0 Å². The lowest BCUT2D eigenvalue weighted by Crippen LogP contribution is -2.47. The van der Waals surface area contributed by atoms with Crippen molar-refractivity contribution in [2.75, 3.05) is 12.4 Å². The zero-order valence-electron chi connectivity index (χ0n) is 10.1. The molecule has 1 fully saturated rings. The van der Waals surface area contributed by atoms with Gasteiger partial charge in [-0.05, 0) is 0 Å². The highest BCUT2D eigenvalue weighted by atomic mass is 32.2. The summed E-state index contributed by atoms with van der Waals surface area (Å²) in [6, 6.07) is -0.702. The molecule has 1 aliphatic heterocycles. The third-order valence-electron chi connectivity index (χ3n) is 2.93. The number of aliphatic carboxylic acids is 1. The van der Waals surface area contributed by atoms with E-state index in [1.54, 1.807) is 0 Å². The quantitative estimate of drug-likeness (QED) is 0.259. The summed E-state index contributed by atoms with van der Waals surface area (Å²) in [7, 11) is 0. The van der Waals surface area contributed by atoms with Gasteiger partial charge in [0.2, 0.25) is 0 Å². The van der Waals surface area contributed by atoms with E-state index < -0.39 is 43.0 Å². The van der Waals surface area contributed by atoms with Crippen molar-refractivity contribution in [3.63, 3.8) is 0 Å². The van der Waals surface area contributed by atoms with Gasteiger partial charge in [-0.15, -0.1) is 11.8 Å². The van der Waals surface area contributed by atoms with Gasteiger partial charge in [0, 0.05) is 12.2 Å². The van der Waals surface area contributed by atoms with E-state index in [-0.39, 0.29) is 11.8 Å². The molecule has 0 aliphatic carbocycles. The minimum atomic E-state index is -1.67. The van der Waals surface area contributed by atoms with Gasteiger partial charge in [0.05, 0.1) is 18.1 Å². The molecule has 1 saturated heterocycles. The zero-order valence-corrected chi connectivity index (χ0v) is 10.9. The van der Waals surface area contributed by atoms with Gasteiger partial charge in [-0.1, -0.05) is 0 Å². The SMILES string of the molecule is O=C(O)C1CSC(C[C@H](O)[C@@H](O)[C@@H](O)[C@H](O)CO)N1. The Morgan fingerprint density at radius 3 is 2.26 bits per heavy atom. The third-order valence-corrected chi connectivity index (χ3v) is 4.19. The van der Waals surface area contributed by atoms with E-state index in [0.717, 1.165) is 0 Å². The molecule has 112 valence electrons. The zero-order chi connectivity index (χ0) is 14.6. The monoisotopic (exact) mass is 297 g/mol. The first-order valence-electron chi connectivity index (χ1n) is 5.80. The minimum absolute atomic E-state index is 0.0187. The van der Waals surface area contributed by atoms with Crippen LogP contribution in [0.15, 0.2) is 0 Å². The Balaban J connectivity index is 2.42. The van der Waals surface area contributed by atoms with Crippen molar-refractivity contribution in [1.29, 1.82) is 0 Å². The Labute approximate surface area is 114 Å². The molecule has 0 aromatic carbocycles. The number of hydrogen-bond donors (Lipinski definition) is 7. The fourth-order valence-corrected chi connectivity index (χ4v) is 2.99. The lowest BCUT2D eigenvalue weighted by atomic mass is 10.0. The van der Waals surface area contributed by atoms with Crippen LogP contribution in [-0.2, 0) is 4.79 Å². The molecule has 1 rings (SSSR count). The van der Waals surface area contributed by atoms with E-state index in [4.69, 9.17) is 15.3 Å². The van der Waals surface area contributed by atoms with E-state index in [9.17, 15) is 20.1 Å². The molecule has 0 aromatic heterocycles. The second kappa shape index (κ2) is 7.39. The van der Waals surface area contributed by atoms with Gasteiger partial charge in [-0.3, -0.25) is 10.1 Å². The fraction of sp³-hybridized carbons (Fsp3) is 0.900. The lowest BCUT2D eigenvalue weighted by molar-refractivity contribution is -0.138. The van der Waals surface area contributed by atoms with Crippen LogP contribution >= 0.6 is 11.8 Å². The van der Waals surface area contributed by atoms with Gasteiger partial charge in [-0.25, -0.2) is 0 Å². The lowest BCUT2D eigenvalue weighted by Gasteiger charge is -2.27. The molecular weight excluding hydrogens is 278 g/mol. The summed E-state index contributed by atoms with van der Waals surface area (Å²) in [6.07, 6.45) is -6.14. The first kappa shape index (κ1) is 16.6. The molecule has 2 unspecified atom stereocenters. The van der Waals surface area contributed by atoms with Crippen LogP contribution in [0.5, 0.6) is 0 Å². The van der Waals surface area contributed by atoms with E-state index in [1.807, 2.05) is 0 Å². The van der Waals surface area contributed by atoms with Crippen LogP contribution in [0.1, 0.15) is 6.42 Å². The van der Waals surface area contributed by atoms with Gasteiger partial charge in [0.25, 0.3) is 0 Å². The van der Waals surface area contributed by atoms with Gasteiger partial charge >= 0.3 is 5.97 Å². The molecule has 6 atom stereocenters. The molecule has 7 N–H and O–H groups in total. The first-order valence-corrected chi connectivity index (χ1v) is 6.85. The van der Waals surface area contributed by atoms with Crippen molar-refractivity contribution >= 4 is 17.7 Å². The maximum absolute atomic E-state index is 10.7. The van der Waals surface area contributed by atoms with Crippen LogP contribution in [0.2, 0.25) is 0 Å². The maximum Gasteiger partial charge on any atom is 0.321 e. The number of nitrogens with one attached hydrogen (secondary N) is 1. The Bertz CT molecular complexity index is 306. The maximum atomic E-state index is 10.7. The summed E-state index contributed by atoms with van der Waals surface area (Å²) in [6.45, 7) is -0.734. The molecule has 0 radical (unpaired) electrons. The topological polar surface area (TPSA) is 150 Å². The highest BCUT2D eigenvalue weighted by Gasteiger charge is 2.35. The standard InChI is InChI=1S/C10H19NO7S/c12-2-6(14)9(16)8(15)5(13)1-7-11-4(3-19-7)10(17)18/h4-9,11-16H,1-3H2,(H,17,18)/t4?,5-,6+,7?,8+,9-/m0/s1. The van der Waals surface area contributed by atoms with Crippen molar-refractivity contribution in [2.45, 2.75) is 42.3 Å². The normalized spacial score (nSPS) is 29.7.